The first-order valence-electron chi connectivity index (χ1n) is 6.18. The molecule has 1 atom stereocenters. The smallest absolute Gasteiger partial charge is 0.165 e. The van der Waals surface area contributed by atoms with E-state index >= 15 is 0 Å². The van der Waals surface area contributed by atoms with Crippen LogP contribution >= 0.6 is 11.6 Å². The van der Waals surface area contributed by atoms with E-state index in [1.54, 1.807) is 24.7 Å². The molecule has 2 aromatic rings. The Morgan fingerprint density at radius 1 is 1.50 bits per heavy atom. The Kier molecular flexibility index (Phi) is 4.30. The van der Waals surface area contributed by atoms with E-state index < -0.39 is 11.9 Å². The van der Waals surface area contributed by atoms with Gasteiger partial charge in [-0.15, -0.1) is 0 Å². The average Bonchev–Trinajstić information content (AvgIpc) is 2.62. The van der Waals surface area contributed by atoms with Gasteiger partial charge in [0.15, 0.2) is 11.6 Å². The van der Waals surface area contributed by atoms with Crippen LogP contribution in [0.1, 0.15) is 29.8 Å². The molecule has 1 aromatic carbocycles. The normalized spacial score (nSPS) is 12.5. The van der Waals surface area contributed by atoms with E-state index in [0.717, 1.165) is 11.3 Å². The van der Waals surface area contributed by atoms with Crippen molar-refractivity contribution < 1.29 is 14.2 Å². The van der Waals surface area contributed by atoms with E-state index in [2.05, 4.69) is 5.10 Å². The molecule has 0 bridgehead atoms. The van der Waals surface area contributed by atoms with Crippen molar-refractivity contribution in [3.63, 3.8) is 0 Å². The van der Waals surface area contributed by atoms with Crippen molar-refractivity contribution >= 4 is 11.6 Å². The first-order valence-corrected chi connectivity index (χ1v) is 6.56. The maximum atomic E-state index is 13.8. The zero-order valence-electron chi connectivity index (χ0n) is 11.5. The molecule has 0 aliphatic carbocycles. The summed E-state index contributed by atoms with van der Waals surface area (Å²) < 4.78 is 20.8. The molecule has 0 saturated heterocycles. The molecule has 0 radical (unpaired) electrons. The van der Waals surface area contributed by atoms with Crippen LogP contribution in [0.25, 0.3) is 0 Å². The van der Waals surface area contributed by atoms with Gasteiger partial charge in [-0.05, 0) is 31.5 Å². The number of nitrogens with zero attached hydrogens (tertiary/aromatic N) is 2. The predicted octanol–water partition coefficient (Wildman–Crippen LogP) is 3.15. The van der Waals surface area contributed by atoms with Crippen LogP contribution in [0.4, 0.5) is 4.39 Å². The van der Waals surface area contributed by atoms with Gasteiger partial charge in [-0.3, -0.25) is 4.68 Å². The van der Waals surface area contributed by atoms with Crippen LogP contribution in [0.15, 0.2) is 18.2 Å². The van der Waals surface area contributed by atoms with Crippen LogP contribution < -0.4 is 4.74 Å². The maximum Gasteiger partial charge on any atom is 0.165 e. The SMILES string of the molecule is Cc1nn(C)c(Cl)c1COc1ccc(C(C)O)cc1F. The van der Waals surface area contributed by atoms with Crippen LogP contribution in [-0.4, -0.2) is 14.9 Å². The molecule has 1 heterocycles. The van der Waals surface area contributed by atoms with Crippen molar-refractivity contribution in [2.45, 2.75) is 26.6 Å². The van der Waals surface area contributed by atoms with E-state index in [1.807, 2.05) is 6.92 Å². The molecule has 20 heavy (non-hydrogen) atoms. The molecule has 0 fully saturated rings. The van der Waals surface area contributed by atoms with E-state index in [1.165, 1.54) is 12.1 Å². The summed E-state index contributed by atoms with van der Waals surface area (Å²) in [5.74, 6) is -0.394. The summed E-state index contributed by atoms with van der Waals surface area (Å²) in [6.45, 7) is 3.54. The van der Waals surface area contributed by atoms with Crippen LogP contribution in [0.5, 0.6) is 5.75 Å². The Labute approximate surface area is 121 Å². The highest BCUT2D eigenvalue weighted by atomic mass is 35.5. The average molecular weight is 299 g/mol. The molecule has 2 rings (SSSR count). The number of hydrogen-bond donors (Lipinski definition) is 1. The molecular formula is C14H16ClFN2O2. The standard InChI is InChI=1S/C14H16ClFN2O2/c1-8-11(14(15)18(3)17-8)7-20-13-5-4-10(9(2)19)6-12(13)16/h4-6,9,19H,7H2,1-3H3. The highest BCUT2D eigenvalue weighted by Gasteiger charge is 2.13. The van der Waals surface area contributed by atoms with E-state index in [9.17, 15) is 9.50 Å². The first-order chi connectivity index (χ1) is 9.40. The minimum Gasteiger partial charge on any atom is -0.486 e. The zero-order chi connectivity index (χ0) is 14.9. The van der Waals surface area contributed by atoms with E-state index in [4.69, 9.17) is 16.3 Å². The largest absolute Gasteiger partial charge is 0.486 e. The lowest BCUT2D eigenvalue weighted by atomic mass is 10.1. The van der Waals surface area contributed by atoms with Gasteiger partial charge in [-0.2, -0.15) is 5.10 Å². The van der Waals surface area contributed by atoms with Crippen molar-refractivity contribution in [1.82, 2.24) is 9.78 Å². The Morgan fingerprint density at radius 2 is 2.20 bits per heavy atom. The van der Waals surface area contributed by atoms with Crippen LogP contribution in [0.3, 0.4) is 0 Å². The quantitative estimate of drug-likeness (QED) is 0.943. The fraction of sp³-hybridized carbons (Fsp3) is 0.357. The molecule has 6 heteroatoms. The Balaban J connectivity index is 2.15. The number of halogens is 2. The lowest BCUT2D eigenvalue weighted by Gasteiger charge is -2.10. The molecule has 1 unspecified atom stereocenters. The summed E-state index contributed by atoms with van der Waals surface area (Å²) in [5, 5.41) is 14.0. The van der Waals surface area contributed by atoms with Gasteiger partial charge in [-0.1, -0.05) is 17.7 Å². The molecule has 1 aromatic heterocycles. The second-order valence-corrected chi connectivity index (χ2v) is 4.99. The lowest BCUT2D eigenvalue weighted by Crippen LogP contribution is -2.00. The van der Waals surface area contributed by atoms with Gasteiger partial charge in [0.05, 0.1) is 11.8 Å². The predicted molar refractivity (Wildman–Crippen MR) is 74.3 cm³/mol. The number of ether oxygens (including phenoxy) is 1. The van der Waals surface area contributed by atoms with Gasteiger partial charge in [0.1, 0.15) is 11.8 Å². The van der Waals surface area contributed by atoms with Gasteiger partial charge in [0.2, 0.25) is 0 Å². The molecule has 0 amide bonds. The Bertz CT molecular complexity index is 626. The highest BCUT2D eigenvalue weighted by Crippen LogP contribution is 2.25. The lowest BCUT2D eigenvalue weighted by molar-refractivity contribution is 0.198. The molecule has 0 aliphatic rings. The highest BCUT2D eigenvalue weighted by molar-refractivity contribution is 6.30. The third-order valence-corrected chi connectivity index (χ3v) is 3.55. The van der Waals surface area contributed by atoms with Gasteiger partial charge < -0.3 is 9.84 Å². The molecule has 0 spiro atoms. The van der Waals surface area contributed by atoms with Gasteiger partial charge in [0.25, 0.3) is 0 Å². The number of aliphatic hydroxyl groups is 1. The summed E-state index contributed by atoms with van der Waals surface area (Å²) >= 11 is 6.08. The van der Waals surface area contributed by atoms with Gasteiger partial charge >= 0.3 is 0 Å². The molecule has 0 saturated carbocycles. The Hall–Kier alpha value is -1.59. The summed E-state index contributed by atoms with van der Waals surface area (Å²) in [6.07, 6.45) is -0.714. The number of aryl methyl sites for hydroxylation is 2. The Morgan fingerprint density at radius 3 is 2.70 bits per heavy atom. The fourth-order valence-corrected chi connectivity index (χ4v) is 2.11. The monoisotopic (exact) mass is 298 g/mol. The number of aromatic nitrogens is 2. The van der Waals surface area contributed by atoms with Crippen molar-refractivity contribution in [1.29, 1.82) is 0 Å². The third kappa shape index (κ3) is 2.94. The molecular weight excluding hydrogens is 283 g/mol. The van der Waals surface area contributed by atoms with Crippen LogP contribution in [-0.2, 0) is 13.7 Å². The topological polar surface area (TPSA) is 47.3 Å². The number of hydrogen-bond acceptors (Lipinski definition) is 3. The first kappa shape index (κ1) is 14.8. The summed E-state index contributed by atoms with van der Waals surface area (Å²) in [4.78, 5) is 0. The van der Waals surface area contributed by atoms with Crippen molar-refractivity contribution in [2.24, 2.45) is 7.05 Å². The van der Waals surface area contributed by atoms with Gasteiger partial charge in [0, 0.05) is 12.6 Å². The third-order valence-electron chi connectivity index (χ3n) is 3.08. The second kappa shape index (κ2) is 5.81. The minimum absolute atomic E-state index is 0.119. The van der Waals surface area contributed by atoms with Crippen molar-refractivity contribution in [3.05, 3.63) is 46.0 Å². The molecule has 4 nitrogen and oxygen atoms in total. The maximum absolute atomic E-state index is 13.8. The molecule has 108 valence electrons. The van der Waals surface area contributed by atoms with Crippen LogP contribution in [0, 0.1) is 12.7 Å². The number of rotatable bonds is 4. The van der Waals surface area contributed by atoms with Crippen LogP contribution in [0.2, 0.25) is 5.15 Å². The summed E-state index contributed by atoms with van der Waals surface area (Å²) in [5.41, 5.74) is 1.98. The fourth-order valence-electron chi connectivity index (χ4n) is 1.88. The number of aliphatic hydroxyl groups excluding tert-OH is 1. The summed E-state index contributed by atoms with van der Waals surface area (Å²) in [6, 6.07) is 4.38. The molecule has 1 N–H and O–H groups in total. The minimum atomic E-state index is -0.714. The molecule has 0 aliphatic heterocycles. The van der Waals surface area contributed by atoms with E-state index in [0.29, 0.717) is 10.7 Å². The van der Waals surface area contributed by atoms with Gasteiger partial charge in [-0.25, -0.2) is 4.39 Å². The van der Waals surface area contributed by atoms with E-state index in [-0.39, 0.29) is 12.4 Å². The zero-order valence-corrected chi connectivity index (χ0v) is 12.3. The second-order valence-electron chi connectivity index (χ2n) is 4.63. The summed E-state index contributed by atoms with van der Waals surface area (Å²) in [7, 11) is 1.73. The van der Waals surface area contributed by atoms with Crippen molar-refractivity contribution in [2.75, 3.05) is 0 Å². The number of benzene rings is 1. The van der Waals surface area contributed by atoms with Crippen molar-refractivity contribution in [3.8, 4) is 5.75 Å².